The molecule has 1 saturated heterocycles. The predicted molar refractivity (Wildman–Crippen MR) is 94.5 cm³/mol. The molecule has 3 nitrogen and oxygen atoms in total. The molecule has 0 spiro atoms. The zero-order valence-electron chi connectivity index (χ0n) is 15.4. The molecule has 1 aliphatic heterocycles. The van der Waals surface area contributed by atoms with Gasteiger partial charge in [-0.25, -0.2) is 8.78 Å². The van der Waals surface area contributed by atoms with Crippen molar-refractivity contribution in [3.8, 4) is 0 Å². The summed E-state index contributed by atoms with van der Waals surface area (Å²) < 4.78 is 28.1. The van der Waals surface area contributed by atoms with Crippen molar-refractivity contribution in [3.63, 3.8) is 0 Å². The van der Waals surface area contributed by atoms with E-state index in [9.17, 15) is 13.6 Å². The normalized spacial score (nSPS) is 22.3. The Morgan fingerprint density at radius 1 is 1.20 bits per heavy atom. The summed E-state index contributed by atoms with van der Waals surface area (Å²) in [4.78, 5) is 17.1. The van der Waals surface area contributed by atoms with Crippen LogP contribution in [-0.2, 0) is 0 Å². The third kappa shape index (κ3) is 4.02. The van der Waals surface area contributed by atoms with Gasteiger partial charge >= 0.3 is 0 Å². The molecule has 3 rings (SSSR count). The van der Waals surface area contributed by atoms with Gasteiger partial charge in [-0.15, -0.1) is 0 Å². The van der Waals surface area contributed by atoms with Crippen molar-refractivity contribution in [1.82, 2.24) is 9.80 Å². The lowest BCUT2D eigenvalue weighted by molar-refractivity contribution is 0.0698. The standard InChI is InChI=1S/C20H28F2N2O/c1-13(2)17-12-24(10-4-9-23(17)11-15-6-7-15)20(25)16-8-5-14(3)18(21)19(16)22/h5,8,13,15,17H,4,6-7,9-12H2,1-3H3. The van der Waals surface area contributed by atoms with Crippen LogP contribution in [0.1, 0.15) is 49.0 Å². The van der Waals surface area contributed by atoms with E-state index in [0.717, 1.165) is 25.4 Å². The molecule has 1 aromatic rings. The summed E-state index contributed by atoms with van der Waals surface area (Å²) in [5.74, 6) is -1.13. The Morgan fingerprint density at radius 3 is 2.56 bits per heavy atom. The number of aryl methyl sites for hydroxylation is 1. The van der Waals surface area contributed by atoms with Crippen LogP contribution in [0.4, 0.5) is 8.78 Å². The van der Waals surface area contributed by atoms with Gasteiger partial charge in [0.15, 0.2) is 11.6 Å². The molecule has 2 fully saturated rings. The molecule has 25 heavy (non-hydrogen) atoms. The van der Waals surface area contributed by atoms with Crippen molar-refractivity contribution in [2.75, 3.05) is 26.2 Å². The SMILES string of the molecule is Cc1ccc(C(=O)N2CCCN(CC3CC3)C(C(C)C)C2)c(F)c1F. The first-order valence-corrected chi connectivity index (χ1v) is 9.36. The van der Waals surface area contributed by atoms with Gasteiger partial charge in [0.25, 0.3) is 5.91 Å². The summed E-state index contributed by atoms with van der Waals surface area (Å²) in [7, 11) is 0. The number of hydrogen-bond acceptors (Lipinski definition) is 2. The summed E-state index contributed by atoms with van der Waals surface area (Å²) in [6.07, 6.45) is 3.48. The van der Waals surface area contributed by atoms with Crippen LogP contribution in [0.2, 0.25) is 0 Å². The fourth-order valence-corrected chi connectivity index (χ4v) is 3.72. The van der Waals surface area contributed by atoms with Crippen LogP contribution in [0.15, 0.2) is 12.1 Å². The third-order valence-corrected chi connectivity index (χ3v) is 5.50. The number of rotatable bonds is 4. The average Bonchev–Trinajstić information content (AvgIpc) is 3.39. The van der Waals surface area contributed by atoms with Crippen molar-refractivity contribution >= 4 is 5.91 Å². The molecule has 1 saturated carbocycles. The molecule has 1 heterocycles. The highest BCUT2D eigenvalue weighted by Gasteiger charge is 2.34. The van der Waals surface area contributed by atoms with Crippen molar-refractivity contribution < 1.29 is 13.6 Å². The highest BCUT2D eigenvalue weighted by atomic mass is 19.2. The molecule has 0 radical (unpaired) electrons. The van der Waals surface area contributed by atoms with Gasteiger partial charge in [-0.1, -0.05) is 19.9 Å². The number of halogens is 2. The molecule has 1 amide bonds. The minimum Gasteiger partial charge on any atom is -0.337 e. The maximum absolute atomic E-state index is 14.2. The van der Waals surface area contributed by atoms with E-state index in [1.807, 2.05) is 0 Å². The van der Waals surface area contributed by atoms with Crippen LogP contribution in [0, 0.1) is 30.4 Å². The molecule has 138 valence electrons. The Balaban J connectivity index is 1.79. The Hall–Kier alpha value is -1.49. The Labute approximate surface area is 149 Å². The van der Waals surface area contributed by atoms with E-state index in [1.165, 1.54) is 31.9 Å². The van der Waals surface area contributed by atoms with E-state index in [-0.39, 0.29) is 17.2 Å². The van der Waals surface area contributed by atoms with E-state index in [2.05, 4.69) is 18.7 Å². The van der Waals surface area contributed by atoms with Gasteiger partial charge in [0.05, 0.1) is 5.56 Å². The van der Waals surface area contributed by atoms with Crippen LogP contribution in [0.3, 0.4) is 0 Å². The van der Waals surface area contributed by atoms with Crippen LogP contribution in [0.5, 0.6) is 0 Å². The van der Waals surface area contributed by atoms with Gasteiger partial charge in [0, 0.05) is 32.2 Å². The maximum Gasteiger partial charge on any atom is 0.256 e. The lowest BCUT2D eigenvalue weighted by Crippen LogP contribution is -2.46. The van der Waals surface area contributed by atoms with Crippen LogP contribution in [-0.4, -0.2) is 47.9 Å². The van der Waals surface area contributed by atoms with Crippen LogP contribution in [0.25, 0.3) is 0 Å². The maximum atomic E-state index is 14.2. The molecule has 2 aliphatic rings. The number of amides is 1. The number of carbonyl (C=O) groups is 1. The fraction of sp³-hybridized carbons (Fsp3) is 0.650. The Kier molecular flexibility index (Phi) is 5.42. The lowest BCUT2D eigenvalue weighted by Gasteiger charge is -2.34. The first kappa shape index (κ1) is 18.3. The Bertz CT molecular complexity index is 643. The lowest BCUT2D eigenvalue weighted by atomic mass is 10.0. The summed E-state index contributed by atoms with van der Waals surface area (Å²) in [5.41, 5.74) is 0.0711. The molecular weight excluding hydrogens is 322 g/mol. The van der Waals surface area contributed by atoms with Gasteiger partial charge in [0.1, 0.15) is 0 Å². The van der Waals surface area contributed by atoms with Gasteiger partial charge in [-0.05, 0) is 49.7 Å². The molecular formula is C20H28F2N2O. The quantitative estimate of drug-likeness (QED) is 0.823. The number of benzene rings is 1. The van der Waals surface area contributed by atoms with E-state index in [1.54, 1.807) is 4.90 Å². The second-order valence-electron chi connectivity index (χ2n) is 7.91. The van der Waals surface area contributed by atoms with Crippen molar-refractivity contribution in [2.45, 2.75) is 46.1 Å². The van der Waals surface area contributed by atoms with E-state index >= 15 is 0 Å². The summed E-state index contributed by atoms with van der Waals surface area (Å²) in [6.45, 7) is 9.08. The number of nitrogens with zero attached hydrogens (tertiary/aromatic N) is 2. The smallest absolute Gasteiger partial charge is 0.256 e. The predicted octanol–water partition coefficient (Wildman–Crippen LogP) is 3.86. The minimum absolute atomic E-state index is 0.152. The number of hydrogen-bond donors (Lipinski definition) is 0. The van der Waals surface area contributed by atoms with E-state index < -0.39 is 17.5 Å². The average molecular weight is 350 g/mol. The molecule has 0 N–H and O–H groups in total. The van der Waals surface area contributed by atoms with Gasteiger partial charge < -0.3 is 4.90 Å². The Morgan fingerprint density at radius 2 is 1.92 bits per heavy atom. The van der Waals surface area contributed by atoms with Gasteiger partial charge in [-0.3, -0.25) is 9.69 Å². The zero-order valence-corrected chi connectivity index (χ0v) is 15.4. The van der Waals surface area contributed by atoms with E-state index in [4.69, 9.17) is 0 Å². The molecule has 1 aromatic carbocycles. The van der Waals surface area contributed by atoms with Crippen molar-refractivity contribution in [1.29, 1.82) is 0 Å². The first-order valence-electron chi connectivity index (χ1n) is 9.36. The van der Waals surface area contributed by atoms with E-state index in [0.29, 0.717) is 19.0 Å². The molecule has 5 heteroatoms. The molecule has 1 unspecified atom stereocenters. The topological polar surface area (TPSA) is 23.6 Å². The highest BCUT2D eigenvalue weighted by molar-refractivity contribution is 5.94. The third-order valence-electron chi connectivity index (χ3n) is 5.50. The second-order valence-corrected chi connectivity index (χ2v) is 7.91. The molecule has 0 bridgehead atoms. The minimum atomic E-state index is -1.02. The van der Waals surface area contributed by atoms with Crippen LogP contribution >= 0.6 is 0 Å². The second kappa shape index (κ2) is 7.40. The van der Waals surface area contributed by atoms with Gasteiger partial charge in [0.2, 0.25) is 0 Å². The molecule has 0 aromatic heterocycles. The monoisotopic (exact) mass is 350 g/mol. The molecule has 1 aliphatic carbocycles. The van der Waals surface area contributed by atoms with Crippen molar-refractivity contribution in [3.05, 3.63) is 34.9 Å². The largest absolute Gasteiger partial charge is 0.337 e. The van der Waals surface area contributed by atoms with Crippen LogP contribution < -0.4 is 0 Å². The summed E-state index contributed by atoms with van der Waals surface area (Å²) in [6, 6.07) is 3.15. The fourth-order valence-electron chi connectivity index (χ4n) is 3.72. The van der Waals surface area contributed by atoms with Gasteiger partial charge in [-0.2, -0.15) is 0 Å². The zero-order chi connectivity index (χ0) is 18.1. The first-order chi connectivity index (χ1) is 11.9. The summed E-state index contributed by atoms with van der Waals surface area (Å²) in [5, 5.41) is 0. The highest BCUT2D eigenvalue weighted by Crippen LogP contribution is 2.32. The summed E-state index contributed by atoms with van der Waals surface area (Å²) >= 11 is 0. The number of carbonyl (C=O) groups excluding carboxylic acids is 1. The van der Waals surface area contributed by atoms with Crippen molar-refractivity contribution in [2.24, 2.45) is 11.8 Å². The molecule has 1 atom stereocenters.